The molecule has 1 aromatic heterocycles. The highest BCUT2D eigenvalue weighted by Gasteiger charge is 2.23. The Bertz CT molecular complexity index is 751. The summed E-state index contributed by atoms with van der Waals surface area (Å²) >= 11 is 1.38. The number of anilines is 1. The summed E-state index contributed by atoms with van der Waals surface area (Å²) in [5.74, 6) is -0.390. The van der Waals surface area contributed by atoms with Crippen LogP contribution in [-0.4, -0.2) is 23.6 Å². The number of ketones is 1. The van der Waals surface area contributed by atoms with Gasteiger partial charge in [0.05, 0.1) is 4.88 Å². The van der Waals surface area contributed by atoms with Gasteiger partial charge in [0.25, 0.3) is 5.91 Å². The quantitative estimate of drug-likeness (QED) is 0.759. The zero-order chi connectivity index (χ0) is 16.9. The van der Waals surface area contributed by atoms with Gasteiger partial charge in [0, 0.05) is 30.1 Å². The molecule has 1 aliphatic rings. The lowest BCUT2D eigenvalue weighted by Gasteiger charge is -2.08. The van der Waals surface area contributed by atoms with Crippen molar-refractivity contribution in [1.82, 2.24) is 5.32 Å². The van der Waals surface area contributed by atoms with E-state index in [4.69, 9.17) is 0 Å². The van der Waals surface area contributed by atoms with E-state index in [1.165, 1.54) is 11.3 Å². The van der Waals surface area contributed by atoms with Gasteiger partial charge in [-0.15, -0.1) is 11.3 Å². The Kier molecular flexibility index (Phi) is 5.05. The number of Topliss-reactive ketones (excluding diaryl/α,β-unsaturated/α-hetero) is 1. The number of thiophene rings is 1. The van der Waals surface area contributed by atoms with Gasteiger partial charge in [-0.3, -0.25) is 14.4 Å². The molecule has 0 spiro atoms. The topological polar surface area (TPSA) is 75.3 Å². The second-order valence-corrected chi connectivity index (χ2v) is 6.72. The zero-order valence-electron chi connectivity index (χ0n) is 13.1. The van der Waals surface area contributed by atoms with E-state index in [-0.39, 0.29) is 30.4 Å². The monoisotopic (exact) mass is 342 g/mol. The van der Waals surface area contributed by atoms with Crippen LogP contribution in [0, 0.1) is 0 Å². The second-order valence-electron chi connectivity index (χ2n) is 5.78. The number of carbonyl (C=O) groups excluding carboxylic acids is 3. The van der Waals surface area contributed by atoms with E-state index in [0.29, 0.717) is 22.2 Å². The number of hydrogen-bond donors (Lipinski definition) is 2. The third kappa shape index (κ3) is 4.52. The first kappa shape index (κ1) is 16.4. The summed E-state index contributed by atoms with van der Waals surface area (Å²) < 4.78 is 0. The van der Waals surface area contributed by atoms with E-state index < -0.39 is 0 Å². The van der Waals surface area contributed by atoms with Crippen molar-refractivity contribution >= 4 is 34.6 Å². The van der Waals surface area contributed by atoms with Gasteiger partial charge in [0.1, 0.15) is 0 Å². The molecule has 2 amide bonds. The first-order valence-corrected chi connectivity index (χ1v) is 8.77. The molecule has 1 aromatic carbocycles. The SMILES string of the molecule is O=C(CCC(=O)c1cccs1)Nc1cccc(C(=O)NC2CC2)c1. The fraction of sp³-hybridized carbons (Fsp3) is 0.278. The Balaban J connectivity index is 1.52. The van der Waals surface area contributed by atoms with Crippen LogP contribution >= 0.6 is 11.3 Å². The van der Waals surface area contributed by atoms with Crippen LogP contribution in [0.3, 0.4) is 0 Å². The minimum Gasteiger partial charge on any atom is -0.349 e. The molecule has 2 aromatic rings. The number of benzene rings is 1. The summed E-state index contributed by atoms with van der Waals surface area (Å²) in [6, 6.07) is 10.7. The summed E-state index contributed by atoms with van der Waals surface area (Å²) in [6.45, 7) is 0. The predicted molar refractivity (Wildman–Crippen MR) is 93.4 cm³/mol. The molecule has 0 unspecified atom stereocenters. The summed E-state index contributed by atoms with van der Waals surface area (Å²) in [6.07, 6.45) is 2.35. The van der Waals surface area contributed by atoms with Crippen LogP contribution in [0.2, 0.25) is 0 Å². The molecule has 0 bridgehead atoms. The van der Waals surface area contributed by atoms with E-state index in [9.17, 15) is 14.4 Å². The van der Waals surface area contributed by atoms with Crippen molar-refractivity contribution in [3.63, 3.8) is 0 Å². The Hall–Kier alpha value is -2.47. The van der Waals surface area contributed by atoms with E-state index >= 15 is 0 Å². The molecule has 24 heavy (non-hydrogen) atoms. The highest BCUT2D eigenvalue weighted by Crippen LogP contribution is 2.20. The highest BCUT2D eigenvalue weighted by atomic mass is 32.1. The minimum atomic E-state index is -0.236. The van der Waals surface area contributed by atoms with Crippen molar-refractivity contribution in [3.8, 4) is 0 Å². The highest BCUT2D eigenvalue weighted by molar-refractivity contribution is 7.12. The van der Waals surface area contributed by atoms with Gasteiger partial charge in [0.2, 0.25) is 5.91 Å². The van der Waals surface area contributed by atoms with Crippen molar-refractivity contribution in [3.05, 3.63) is 52.2 Å². The fourth-order valence-electron chi connectivity index (χ4n) is 2.25. The first-order chi connectivity index (χ1) is 11.6. The average Bonchev–Trinajstić information content (AvgIpc) is 3.22. The summed E-state index contributed by atoms with van der Waals surface area (Å²) in [7, 11) is 0. The molecule has 3 rings (SSSR count). The number of hydrogen-bond acceptors (Lipinski definition) is 4. The van der Waals surface area contributed by atoms with Crippen LogP contribution in [0.1, 0.15) is 45.7 Å². The Morgan fingerprint density at radius 3 is 2.62 bits per heavy atom. The maximum Gasteiger partial charge on any atom is 0.251 e. The molecule has 1 saturated carbocycles. The van der Waals surface area contributed by atoms with E-state index in [1.54, 1.807) is 30.3 Å². The van der Waals surface area contributed by atoms with Crippen LogP contribution in [0.15, 0.2) is 41.8 Å². The van der Waals surface area contributed by atoms with Gasteiger partial charge in [-0.25, -0.2) is 0 Å². The van der Waals surface area contributed by atoms with E-state index in [2.05, 4.69) is 10.6 Å². The first-order valence-electron chi connectivity index (χ1n) is 7.89. The largest absolute Gasteiger partial charge is 0.349 e. The van der Waals surface area contributed by atoms with E-state index in [0.717, 1.165) is 12.8 Å². The van der Waals surface area contributed by atoms with Crippen molar-refractivity contribution < 1.29 is 14.4 Å². The average molecular weight is 342 g/mol. The van der Waals surface area contributed by atoms with Crippen LogP contribution in [0.25, 0.3) is 0 Å². The molecule has 1 fully saturated rings. The molecule has 5 nitrogen and oxygen atoms in total. The van der Waals surface area contributed by atoms with Crippen molar-refractivity contribution in [2.24, 2.45) is 0 Å². The maximum atomic E-state index is 12.0. The van der Waals surface area contributed by atoms with Crippen LogP contribution < -0.4 is 10.6 Å². The minimum absolute atomic E-state index is 0.0299. The molecule has 1 heterocycles. The lowest BCUT2D eigenvalue weighted by atomic mass is 10.1. The molecule has 0 radical (unpaired) electrons. The van der Waals surface area contributed by atoms with Gasteiger partial charge in [-0.05, 0) is 42.5 Å². The molecule has 0 aliphatic heterocycles. The molecule has 0 atom stereocenters. The summed E-state index contributed by atoms with van der Waals surface area (Å²) in [5.41, 5.74) is 1.08. The van der Waals surface area contributed by atoms with Crippen molar-refractivity contribution in [1.29, 1.82) is 0 Å². The van der Waals surface area contributed by atoms with Gasteiger partial charge in [-0.2, -0.15) is 0 Å². The van der Waals surface area contributed by atoms with Crippen LogP contribution in [0.4, 0.5) is 5.69 Å². The molecule has 1 aliphatic carbocycles. The van der Waals surface area contributed by atoms with Crippen LogP contribution in [-0.2, 0) is 4.79 Å². The molecule has 124 valence electrons. The number of carbonyl (C=O) groups is 3. The molecule has 2 N–H and O–H groups in total. The van der Waals surface area contributed by atoms with Gasteiger partial charge in [-0.1, -0.05) is 12.1 Å². The second kappa shape index (κ2) is 7.40. The Labute approximate surface area is 144 Å². The van der Waals surface area contributed by atoms with Gasteiger partial charge in [0.15, 0.2) is 5.78 Å². The predicted octanol–water partition coefficient (Wildman–Crippen LogP) is 3.24. The normalized spacial score (nSPS) is 13.3. The van der Waals surface area contributed by atoms with Gasteiger partial charge >= 0.3 is 0 Å². The Morgan fingerprint density at radius 2 is 1.92 bits per heavy atom. The third-order valence-electron chi connectivity index (χ3n) is 3.70. The number of rotatable bonds is 7. The summed E-state index contributed by atoms with van der Waals surface area (Å²) in [4.78, 5) is 36.6. The Morgan fingerprint density at radius 1 is 1.08 bits per heavy atom. The third-order valence-corrected chi connectivity index (χ3v) is 4.61. The van der Waals surface area contributed by atoms with Gasteiger partial charge < -0.3 is 10.6 Å². The zero-order valence-corrected chi connectivity index (χ0v) is 13.9. The molecular weight excluding hydrogens is 324 g/mol. The fourth-order valence-corrected chi connectivity index (χ4v) is 2.94. The summed E-state index contributed by atoms with van der Waals surface area (Å²) in [5, 5.41) is 7.49. The molecule has 0 saturated heterocycles. The van der Waals surface area contributed by atoms with Crippen LogP contribution in [0.5, 0.6) is 0 Å². The standard InChI is InChI=1S/C18H18N2O3S/c21-15(16-5-2-10-24-16)8-9-17(22)19-14-4-1-3-12(11-14)18(23)20-13-6-7-13/h1-5,10-11,13H,6-9H2,(H,19,22)(H,20,23). The maximum absolute atomic E-state index is 12.0. The van der Waals surface area contributed by atoms with E-state index in [1.807, 2.05) is 11.4 Å². The smallest absolute Gasteiger partial charge is 0.251 e. The molecular formula is C18H18N2O3S. The lowest BCUT2D eigenvalue weighted by molar-refractivity contribution is -0.116. The lowest BCUT2D eigenvalue weighted by Crippen LogP contribution is -2.25. The van der Waals surface area contributed by atoms with Crippen molar-refractivity contribution in [2.45, 2.75) is 31.7 Å². The molecule has 6 heteroatoms. The van der Waals surface area contributed by atoms with Crippen molar-refractivity contribution in [2.75, 3.05) is 5.32 Å². The number of nitrogens with one attached hydrogen (secondary N) is 2. The number of amides is 2.